The highest BCUT2D eigenvalue weighted by Crippen LogP contribution is 2.39. The zero-order valence-corrected chi connectivity index (χ0v) is 22.0. The molecule has 0 atom stereocenters. The second-order valence-corrected chi connectivity index (χ2v) is 10.9. The largest absolute Gasteiger partial charge is 0.507 e. The topological polar surface area (TPSA) is 60.7 Å². The van der Waals surface area contributed by atoms with Crippen molar-refractivity contribution in [1.29, 1.82) is 0 Å². The van der Waals surface area contributed by atoms with Gasteiger partial charge in [-0.2, -0.15) is 0 Å². The third-order valence-corrected chi connectivity index (χ3v) is 7.68. The van der Waals surface area contributed by atoms with Crippen molar-refractivity contribution in [3.63, 3.8) is 0 Å². The van der Waals surface area contributed by atoms with E-state index in [0.717, 1.165) is 49.7 Å². The van der Waals surface area contributed by atoms with Crippen molar-refractivity contribution in [2.45, 2.75) is 104 Å². The van der Waals surface area contributed by atoms with E-state index in [9.17, 15) is 15.3 Å². The molecule has 0 radical (unpaired) electrons. The molecule has 0 aliphatic heterocycles. The highest BCUT2D eigenvalue weighted by atomic mass is 16.3. The van der Waals surface area contributed by atoms with Gasteiger partial charge in [-0.1, -0.05) is 65.8 Å². The van der Waals surface area contributed by atoms with Gasteiger partial charge in [0, 0.05) is 25.2 Å². The lowest BCUT2D eigenvalue weighted by molar-refractivity contribution is 0.288. The smallest absolute Gasteiger partial charge is 0.122 e. The van der Waals surface area contributed by atoms with Crippen molar-refractivity contribution in [2.75, 3.05) is 13.2 Å². The fourth-order valence-electron chi connectivity index (χ4n) is 4.58. The summed E-state index contributed by atoms with van der Waals surface area (Å²) in [4.78, 5) is 0. The number of aromatic hydroxyl groups is 1. The molecule has 0 bridgehead atoms. The predicted molar refractivity (Wildman–Crippen MR) is 140 cm³/mol. The van der Waals surface area contributed by atoms with E-state index in [4.69, 9.17) is 0 Å². The summed E-state index contributed by atoms with van der Waals surface area (Å²) in [6.07, 6.45) is 5.80. The Morgan fingerprint density at radius 3 is 1.64 bits per heavy atom. The lowest BCUT2D eigenvalue weighted by Crippen LogP contribution is -2.19. The van der Waals surface area contributed by atoms with E-state index in [-0.39, 0.29) is 24.0 Å². The fraction of sp³-hybridized carbons (Fsp3) is 0.600. The van der Waals surface area contributed by atoms with Gasteiger partial charge in [0.15, 0.2) is 0 Å². The van der Waals surface area contributed by atoms with Gasteiger partial charge in [-0.3, -0.25) is 0 Å². The third-order valence-electron chi connectivity index (χ3n) is 7.68. The molecular weight excluding hydrogens is 408 g/mol. The Kier molecular flexibility index (Phi) is 9.58. The van der Waals surface area contributed by atoms with Gasteiger partial charge in [-0.05, 0) is 89.7 Å². The number of phenolic OH excluding ortho intramolecular Hbond substituents is 1. The molecule has 0 aliphatic rings. The molecule has 0 fully saturated rings. The molecule has 0 saturated carbocycles. The van der Waals surface area contributed by atoms with Crippen LogP contribution in [0.2, 0.25) is 0 Å². The minimum atomic E-state index is -0.124. The Hall–Kier alpha value is -1.84. The number of phenols is 1. The molecule has 0 unspecified atom stereocenters. The molecular formula is C30H46O3. The number of aliphatic hydroxyl groups excluding tert-OH is 2. The first-order valence-corrected chi connectivity index (χ1v) is 12.7. The first kappa shape index (κ1) is 27.4. The van der Waals surface area contributed by atoms with E-state index in [2.05, 4.69) is 72.7 Å². The summed E-state index contributed by atoms with van der Waals surface area (Å²) in [5.41, 5.74) is 8.24. The fourth-order valence-corrected chi connectivity index (χ4v) is 4.58. The molecule has 2 aromatic rings. The minimum Gasteiger partial charge on any atom is -0.507 e. The number of benzene rings is 2. The summed E-state index contributed by atoms with van der Waals surface area (Å²) in [5, 5.41) is 30.1. The van der Waals surface area contributed by atoms with Crippen molar-refractivity contribution in [1.82, 2.24) is 0 Å². The van der Waals surface area contributed by atoms with Gasteiger partial charge in [0.05, 0.1) is 0 Å². The first-order chi connectivity index (χ1) is 15.5. The van der Waals surface area contributed by atoms with Crippen molar-refractivity contribution < 1.29 is 15.3 Å². The average Bonchev–Trinajstić information content (AvgIpc) is 2.79. The SMILES string of the molecule is CCC(C)(C)c1cc(CCCO)cc(Cc2cc(CCCO)cc(C(C)(C)CC)c2O)c1C. The number of aryl methyl sites for hydroxylation is 2. The van der Waals surface area contributed by atoms with Crippen LogP contribution in [0.15, 0.2) is 24.3 Å². The van der Waals surface area contributed by atoms with Gasteiger partial charge in [-0.15, -0.1) is 0 Å². The molecule has 3 heteroatoms. The van der Waals surface area contributed by atoms with Crippen LogP contribution in [0.5, 0.6) is 5.75 Å². The quantitative estimate of drug-likeness (QED) is 0.342. The van der Waals surface area contributed by atoms with E-state index in [0.29, 0.717) is 12.2 Å². The van der Waals surface area contributed by atoms with Gasteiger partial charge in [-0.25, -0.2) is 0 Å². The summed E-state index contributed by atoms with van der Waals surface area (Å²) in [5.74, 6) is 0.408. The number of hydrogen-bond donors (Lipinski definition) is 3. The molecule has 0 heterocycles. The summed E-state index contributed by atoms with van der Waals surface area (Å²) in [6.45, 7) is 15.9. The van der Waals surface area contributed by atoms with Crippen molar-refractivity contribution in [3.8, 4) is 5.75 Å². The average molecular weight is 455 g/mol. The van der Waals surface area contributed by atoms with Crippen LogP contribution in [0.25, 0.3) is 0 Å². The molecule has 2 aromatic carbocycles. The molecule has 0 spiro atoms. The van der Waals surface area contributed by atoms with Crippen LogP contribution in [0.1, 0.15) is 106 Å². The predicted octanol–water partition coefficient (Wildman–Crippen LogP) is 6.52. The highest BCUT2D eigenvalue weighted by Gasteiger charge is 2.26. The summed E-state index contributed by atoms with van der Waals surface area (Å²) < 4.78 is 0. The number of aliphatic hydroxyl groups is 2. The van der Waals surface area contributed by atoms with Gasteiger partial charge < -0.3 is 15.3 Å². The Bertz CT molecular complexity index is 849. The number of rotatable bonds is 12. The highest BCUT2D eigenvalue weighted by molar-refractivity contribution is 5.51. The van der Waals surface area contributed by atoms with Crippen LogP contribution in [0.4, 0.5) is 0 Å². The van der Waals surface area contributed by atoms with Crippen LogP contribution in [0, 0.1) is 6.92 Å². The summed E-state index contributed by atoms with van der Waals surface area (Å²) in [7, 11) is 0. The monoisotopic (exact) mass is 454 g/mol. The van der Waals surface area contributed by atoms with Crippen LogP contribution >= 0.6 is 0 Å². The molecule has 0 aliphatic carbocycles. The third kappa shape index (κ3) is 6.61. The van der Waals surface area contributed by atoms with E-state index in [1.165, 1.54) is 27.8 Å². The van der Waals surface area contributed by atoms with E-state index < -0.39 is 0 Å². The molecule has 0 aromatic heterocycles. The Morgan fingerprint density at radius 2 is 1.15 bits per heavy atom. The molecule has 3 N–H and O–H groups in total. The van der Waals surface area contributed by atoms with Gasteiger partial charge in [0.25, 0.3) is 0 Å². The molecule has 184 valence electrons. The molecule has 33 heavy (non-hydrogen) atoms. The zero-order valence-electron chi connectivity index (χ0n) is 22.0. The Balaban J connectivity index is 2.64. The molecule has 3 nitrogen and oxygen atoms in total. The standard InChI is InChI=1S/C30H46O3/c1-8-29(4,5)26-18-22(12-10-14-31)16-24(21(26)3)20-25-17-23(13-11-15-32)19-27(28(25)33)30(6,7)9-2/h16-19,31-33H,8-15,20H2,1-7H3. The van der Waals surface area contributed by atoms with Gasteiger partial charge in [0.1, 0.15) is 5.75 Å². The van der Waals surface area contributed by atoms with Gasteiger partial charge >= 0.3 is 0 Å². The normalized spacial score (nSPS) is 12.4. The Labute approximate surface area is 201 Å². The maximum Gasteiger partial charge on any atom is 0.122 e. The van der Waals surface area contributed by atoms with Gasteiger partial charge in [0.2, 0.25) is 0 Å². The minimum absolute atomic E-state index is 0.0639. The second kappa shape index (κ2) is 11.5. The van der Waals surface area contributed by atoms with Crippen molar-refractivity contribution in [3.05, 3.63) is 63.2 Å². The first-order valence-electron chi connectivity index (χ1n) is 12.7. The molecule has 0 saturated heterocycles. The van der Waals surface area contributed by atoms with E-state index >= 15 is 0 Å². The van der Waals surface area contributed by atoms with E-state index in [1.807, 2.05) is 0 Å². The van der Waals surface area contributed by atoms with Crippen molar-refractivity contribution >= 4 is 0 Å². The number of hydrogen-bond acceptors (Lipinski definition) is 3. The van der Waals surface area contributed by atoms with Crippen LogP contribution < -0.4 is 0 Å². The lowest BCUT2D eigenvalue weighted by Gasteiger charge is -2.29. The maximum absolute atomic E-state index is 11.4. The van der Waals surface area contributed by atoms with Crippen molar-refractivity contribution in [2.24, 2.45) is 0 Å². The lowest BCUT2D eigenvalue weighted by atomic mass is 9.76. The van der Waals surface area contributed by atoms with Crippen LogP contribution in [0.3, 0.4) is 0 Å². The van der Waals surface area contributed by atoms with Crippen LogP contribution in [-0.4, -0.2) is 28.5 Å². The van der Waals surface area contributed by atoms with E-state index in [1.54, 1.807) is 0 Å². The molecule has 0 amide bonds. The maximum atomic E-state index is 11.4. The summed E-state index contributed by atoms with van der Waals surface area (Å²) >= 11 is 0. The zero-order chi connectivity index (χ0) is 24.8. The summed E-state index contributed by atoms with van der Waals surface area (Å²) in [6, 6.07) is 8.85. The Morgan fingerprint density at radius 1 is 0.697 bits per heavy atom. The second-order valence-electron chi connectivity index (χ2n) is 10.9. The van der Waals surface area contributed by atoms with Crippen LogP contribution in [-0.2, 0) is 30.1 Å². The molecule has 2 rings (SSSR count).